The largest absolute Gasteiger partial charge is 0.409 e. The summed E-state index contributed by atoms with van der Waals surface area (Å²) in [6.45, 7) is 4.17. The van der Waals surface area contributed by atoms with E-state index < -0.39 is 0 Å². The lowest BCUT2D eigenvalue weighted by Crippen LogP contribution is -2.33. The molecule has 0 aromatic heterocycles. The van der Waals surface area contributed by atoms with Gasteiger partial charge >= 0.3 is 0 Å². The quantitative estimate of drug-likeness (QED) is 0.351. The number of hydrogen-bond acceptors (Lipinski definition) is 3. The van der Waals surface area contributed by atoms with Crippen molar-refractivity contribution in [3.63, 3.8) is 0 Å². The Morgan fingerprint density at radius 1 is 1.43 bits per heavy atom. The van der Waals surface area contributed by atoms with Crippen LogP contribution in [0.1, 0.15) is 45.1 Å². The second-order valence-corrected chi connectivity index (χ2v) is 5.18. The molecule has 21 heavy (non-hydrogen) atoms. The number of anilines is 1. The SMILES string of the molecule is CCCCC(CC)C(=O)N(C)c1cccc(C(N)=NO)c1. The van der Waals surface area contributed by atoms with Crippen molar-refractivity contribution in [3.8, 4) is 0 Å². The lowest BCUT2D eigenvalue weighted by molar-refractivity contribution is -0.122. The van der Waals surface area contributed by atoms with Gasteiger partial charge in [0.15, 0.2) is 5.84 Å². The van der Waals surface area contributed by atoms with Crippen molar-refractivity contribution in [1.29, 1.82) is 0 Å². The van der Waals surface area contributed by atoms with Crippen LogP contribution < -0.4 is 10.6 Å². The molecule has 1 amide bonds. The molecule has 0 radical (unpaired) electrons. The zero-order valence-corrected chi connectivity index (χ0v) is 13.0. The van der Waals surface area contributed by atoms with Gasteiger partial charge in [0, 0.05) is 24.2 Å². The Bertz CT molecular complexity index is 500. The van der Waals surface area contributed by atoms with Crippen LogP contribution >= 0.6 is 0 Å². The third kappa shape index (κ3) is 4.48. The van der Waals surface area contributed by atoms with Gasteiger partial charge in [-0.15, -0.1) is 0 Å². The summed E-state index contributed by atoms with van der Waals surface area (Å²) in [7, 11) is 1.77. The Hall–Kier alpha value is -2.04. The molecule has 0 aliphatic heterocycles. The molecule has 1 aromatic carbocycles. The zero-order valence-electron chi connectivity index (χ0n) is 13.0. The van der Waals surface area contributed by atoms with Crippen LogP contribution in [-0.4, -0.2) is 24.0 Å². The maximum atomic E-state index is 12.5. The highest BCUT2D eigenvalue weighted by molar-refractivity contribution is 6.00. The first-order chi connectivity index (χ1) is 10.0. The van der Waals surface area contributed by atoms with Crippen molar-refractivity contribution in [2.45, 2.75) is 39.5 Å². The van der Waals surface area contributed by atoms with Crippen LogP contribution in [0.15, 0.2) is 29.4 Å². The van der Waals surface area contributed by atoms with Gasteiger partial charge in [-0.25, -0.2) is 0 Å². The summed E-state index contributed by atoms with van der Waals surface area (Å²) < 4.78 is 0. The van der Waals surface area contributed by atoms with E-state index in [9.17, 15) is 4.79 Å². The van der Waals surface area contributed by atoms with Crippen molar-refractivity contribution >= 4 is 17.4 Å². The minimum atomic E-state index is 0.0377. The molecule has 0 aliphatic carbocycles. The highest BCUT2D eigenvalue weighted by atomic mass is 16.4. The van der Waals surface area contributed by atoms with Gasteiger partial charge in [0.25, 0.3) is 0 Å². The third-order valence-corrected chi connectivity index (χ3v) is 3.72. The van der Waals surface area contributed by atoms with E-state index in [2.05, 4.69) is 12.1 Å². The number of amidine groups is 1. The van der Waals surface area contributed by atoms with Crippen molar-refractivity contribution in [1.82, 2.24) is 0 Å². The van der Waals surface area contributed by atoms with Crippen molar-refractivity contribution in [3.05, 3.63) is 29.8 Å². The highest BCUT2D eigenvalue weighted by Crippen LogP contribution is 2.21. The van der Waals surface area contributed by atoms with Crippen LogP contribution in [0.3, 0.4) is 0 Å². The number of oxime groups is 1. The molecule has 1 aromatic rings. The minimum Gasteiger partial charge on any atom is -0.409 e. The molecule has 5 heteroatoms. The fourth-order valence-electron chi connectivity index (χ4n) is 2.29. The monoisotopic (exact) mass is 291 g/mol. The van der Waals surface area contributed by atoms with Crippen LogP contribution in [0.4, 0.5) is 5.69 Å². The standard InChI is InChI=1S/C16H25N3O2/c1-4-6-8-12(5-2)16(20)19(3)14-10-7-9-13(11-14)15(17)18-21/h7,9-12,21H,4-6,8H2,1-3H3,(H2,17,18). The maximum absolute atomic E-state index is 12.5. The highest BCUT2D eigenvalue weighted by Gasteiger charge is 2.21. The van der Waals surface area contributed by atoms with Gasteiger partial charge < -0.3 is 15.8 Å². The van der Waals surface area contributed by atoms with E-state index in [1.165, 1.54) is 0 Å². The Labute approximate surface area is 126 Å². The molecule has 1 atom stereocenters. The van der Waals surface area contributed by atoms with E-state index in [0.717, 1.165) is 31.4 Å². The van der Waals surface area contributed by atoms with E-state index >= 15 is 0 Å². The topological polar surface area (TPSA) is 78.9 Å². The minimum absolute atomic E-state index is 0.0377. The molecule has 0 bridgehead atoms. The normalized spacial score (nSPS) is 13.0. The number of carbonyl (C=O) groups excluding carboxylic acids is 1. The maximum Gasteiger partial charge on any atom is 0.229 e. The van der Waals surface area contributed by atoms with E-state index in [1.807, 2.05) is 13.0 Å². The number of nitrogens with zero attached hydrogens (tertiary/aromatic N) is 2. The number of carbonyl (C=O) groups is 1. The molecule has 0 heterocycles. The fourth-order valence-corrected chi connectivity index (χ4v) is 2.29. The van der Waals surface area contributed by atoms with Crippen LogP contribution in [0.25, 0.3) is 0 Å². The summed E-state index contributed by atoms with van der Waals surface area (Å²) in [4.78, 5) is 14.2. The van der Waals surface area contributed by atoms with Crippen molar-refractivity contribution in [2.24, 2.45) is 16.8 Å². The van der Waals surface area contributed by atoms with Gasteiger partial charge in [0.1, 0.15) is 0 Å². The Morgan fingerprint density at radius 3 is 2.71 bits per heavy atom. The molecule has 0 saturated heterocycles. The average molecular weight is 291 g/mol. The van der Waals surface area contributed by atoms with Crippen molar-refractivity contribution in [2.75, 3.05) is 11.9 Å². The van der Waals surface area contributed by atoms with Gasteiger partial charge in [0.2, 0.25) is 5.91 Å². The molecule has 3 N–H and O–H groups in total. The molecule has 0 spiro atoms. The van der Waals surface area contributed by atoms with E-state index in [4.69, 9.17) is 10.9 Å². The number of rotatable bonds is 7. The van der Waals surface area contributed by atoms with Crippen LogP contribution in [0.2, 0.25) is 0 Å². The summed E-state index contributed by atoms with van der Waals surface area (Å²) in [5, 5.41) is 11.7. The molecule has 1 unspecified atom stereocenters. The fraction of sp³-hybridized carbons (Fsp3) is 0.500. The van der Waals surface area contributed by atoms with Gasteiger partial charge in [-0.05, 0) is 25.0 Å². The van der Waals surface area contributed by atoms with Gasteiger partial charge in [-0.2, -0.15) is 0 Å². The predicted octanol–water partition coefficient (Wildman–Crippen LogP) is 2.96. The first-order valence-corrected chi connectivity index (χ1v) is 7.40. The lowest BCUT2D eigenvalue weighted by Gasteiger charge is -2.23. The van der Waals surface area contributed by atoms with Crippen LogP contribution in [-0.2, 0) is 4.79 Å². The second kappa shape index (κ2) is 8.29. The Morgan fingerprint density at radius 2 is 2.14 bits per heavy atom. The van der Waals surface area contributed by atoms with Gasteiger partial charge in [0.05, 0.1) is 0 Å². The molecule has 0 saturated carbocycles. The molecule has 0 aliphatic rings. The third-order valence-electron chi connectivity index (χ3n) is 3.72. The number of amides is 1. The predicted molar refractivity (Wildman–Crippen MR) is 85.7 cm³/mol. The van der Waals surface area contributed by atoms with Crippen LogP contribution in [0.5, 0.6) is 0 Å². The molecule has 5 nitrogen and oxygen atoms in total. The molecule has 0 fully saturated rings. The summed E-state index contributed by atoms with van der Waals surface area (Å²) in [5.41, 5.74) is 6.93. The van der Waals surface area contributed by atoms with E-state index in [0.29, 0.717) is 5.56 Å². The zero-order chi connectivity index (χ0) is 15.8. The van der Waals surface area contributed by atoms with E-state index in [-0.39, 0.29) is 17.7 Å². The average Bonchev–Trinajstić information content (AvgIpc) is 2.53. The first-order valence-electron chi connectivity index (χ1n) is 7.40. The second-order valence-electron chi connectivity index (χ2n) is 5.18. The number of benzene rings is 1. The van der Waals surface area contributed by atoms with Crippen LogP contribution in [0, 0.1) is 5.92 Å². The van der Waals surface area contributed by atoms with Gasteiger partial charge in [-0.3, -0.25) is 4.79 Å². The Kier molecular flexibility index (Phi) is 6.72. The molecule has 116 valence electrons. The lowest BCUT2D eigenvalue weighted by atomic mass is 9.97. The molecular formula is C16H25N3O2. The first kappa shape index (κ1) is 17.0. The Balaban J connectivity index is 2.91. The number of nitrogens with two attached hydrogens (primary N) is 1. The smallest absolute Gasteiger partial charge is 0.229 e. The van der Waals surface area contributed by atoms with Gasteiger partial charge in [-0.1, -0.05) is 44.0 Å². The summed E-state index contributed by atoms with van der Waals surface area (Å²) in [6.07, 6.45) is 3.90. The molecular weight excluding hydrogens is 266 g/mol. The van der Waals surface area contributed by atoms with Crippen molar-refractivity contribution < 1.29 is 10.0 Å². The summed E-state index contributed by atoms with van der Waals surface area (Å²) in [6, 6.07) is 7.13. The van der Waals surface area contributed by atoms with E-state index in [1.54, 1.807) is 30.1 Å². The number of hydrogen-bond donors (Lipinski definition) is 2. The number of unbranched alkanes of at least 4 members (excludes halogenated alkanes) is 1. The summed E-state index contributed by atoms with van der Waals surface area (Å²) >= 11 is 0. The molecule has 1 rings (SSSR count). The summed E-state index contributed by atoms with van der Waals surface area (Å²) in [5.74, 6) is 0.195.